The molecular weight excluding hydrogens is 296 g/mol. The van der Waals surface area contributed by atoms with Gasteiger partial charge in [-0.2, -0.15) is 10.2 Å². The molecule has 0 aliphatic rings. The van der Waals surface area contributed by atoms with Crippen LogP contribution < -0.4 is 15.2 Å². The minimum absolute atomic E-state index is 0.461. The summed E-state index contributed by atoms with van der Waals surface area (Å²) in [6.07, 6.45) is 3.57. The maximum absolute atomic E-state index is 6.25. The van der Waals surface area contributed by atoms with Crippen molar-refractivity contribution in [3.8, 4) is 11.5 Å². The van der Waals surface area contributed by atoms with Gasteiger partial charge in [0.1, 0.15) is 12.4 Å². The van der Waals surface area contributed by atoms with Gasteiger partial charge >= 0.3 is 0 Å². The Hall–Kier alpha value is -2.87. The van der Waals surface area contributed by atoms with Crippen molar-refractivity contribution in [2.75, 3.05) is 14.2 Å². The Morgan fingerprint density at radius 3 is 2.78 bits per heavy atom. The minimum Gasteiger partial charge on any atom is -0.493 e. The molecule has 0 bridgehead atoms. The van der Waals surface area contributed by atoms with Gasteiger partial charge < -0.3 is 15.2 Å². The molecule has 3 rings (SSSR count). The van der Waals surface area contributed by atoms with Crippen molar-refractivity contribution in [3.63, 3.8) is 0 Å². The topological polar surface area (TPSA) is 104 Å². The summed E-state index contributed by atoms with van der Waals surface area (Å²) in [5.74, 6) is 2.48. The molecule has 8 heteroatoms. The Bertz CT molecular complexity index is 768. The number of nitrogens with one attached hydrogen (secondary N) is 1. The predicted molar refractivity (Wildman–Crippen MR) is 83.3 cm³/mol. The quantitative estimate of drug-likeness (QED) is 0.706. The van der Waals surface area contributed by atoms with Crippen LogP contribution in [-0.2, 0) is 6.54 Å². The maximum atomic E-state index is 6.25. The minimum atomic E-state index is -0.461. The molecule has 0 spiro atoms. The zero-order chi connectivity index (χ0) is 16.2. The molecule has 3 N–H and O–H groups in total. The first-order valence-electron chi connectivity index (χ1n) is 7.07. The van der Waals surface area contributed by atoms with Crippen LogP contribution in [0.1, 0.15) is 23.3 Å². The number of benzene rings is 1. The first-order chi connectivity index (χ1) is 11.2. The number of ether oxygens (including phenoxy) is 2. The second kappa shape index (κ2) is 6.49. The van der Waals surface area contributed by atoms with Crippen molar-refractivity contribution < 1.29 is 9.47 Å². The molecule has 2 heterocycles. The van der Waals surface area contributed by atoms with E-state index in [-0.39, 0.29) is 0 Å². The van der Waals surface area contributed by atoms with Crippen LogP contribution in [0.25, 0.3) is 0 Å². The smallest absolute Gasteiger partial charge is 0.171 e. The number of H-pyrrole nitrogens is 1. The summed E-state index contributed by atoms with van der Waals surface area (Å²) >= 11 is 0. The van der Waals surface area contributed by atoms with Gasteiger partial charge in [0, 0.05) is 12.4 Å². The summed E-state index contributed by atoms with van der Waals surface area (Å²) in [5.41, 5.74) is 7.09. The first kappa shape index (κ1) is 15.0. The Labute approximate surface area is 133 Å². The SMILES string of the molecule is COc1ccc([C@@H](N)c2n[nH]c(Cn3cccn3)n2)cc1OC. The fourth-order valence-electron chi connectivity index (χ4n) is 2.26. The average molecular weight is 314 g/mol. The largest absolute Gasteiger partial charge is 0.493 e. The number of methoxy groups -OCH3 is 2. The third-order valence-corrected chi connectivity index (χ3v) is 3.46. The molecule has 0 amide bonds. The van der Waals surface area contributed by atoms with E-state index in [1.54, 1.807) is 25.1 Å². The van der Waals surface area contributed by atoms with Crippen LogP contribution in [0, 0.1) is 0 Å². The highest BCUT2D eigenvalue weighted by Gasteiger charge is 2.17. The summed E-state index contributed by atoms with van der Waals surface area (Å²) in [7, 11) is 3.18. The lowest BCUT2D eigenvalue weighted by Crippen LogP contribution is -2.14. The second-order valence-electron chi connectivity index (χ2n) is 4.94. The molecule has 1 atom stereocenters. The fourth-order valence-corrected chi connectivity index (χ4v) is 2.26. The van der Waals surface area contributed by atoms with Gasteiger partial charge in [-0.3, -0.25) is 9.78 Å². The highest BCUT2D eigenvalue weighted by Crippen LogP contribution is 2.30. The zero-order valence-corrected chi connectivity index (χ0v) is 12.9. The van der Waals surface area contributed by atoms with Gasteiger partial charge in [0.15, 0.2) is 17.3 Å². The zero-order valence-electron chi connectivity index (χ0n) is 12.9. The third kappa shape index (κ3) is 3.16. The second-order valence-corrected chi connectivity index (χ2v) is 4.94. The van der Waals surface area contributed by atoms with Crippen LogP contribution in [0.15, 0.2) is 36.7 Å². The molecule has 0 aliphatic heterocycles. The number of nitrogens with two attached hydrogens (primary N) is 1. The van der Waals surface area contributed by atoms with Crippen molar-refractivity contribution in [2.45, 2.75) is 12.6 Å². The van der Waals surface area contributed by atoms with Crippen molar-refractivity contribution in [1.82, 2.24) is 25.0 Å². The van der Waals surface area contributed by atoms with Crippen LogP contribution in [0.4, 0.5) is 0 Å². The highest BCUT2D eigenvalue weighted by atomic mass is 16.5. The molecule has 1 aromatic carbocycles. The summed E-state index contributed by atoms with van der Waals surface area (Å²) < 4.78 is 12.3. The molecule has 8 nitrogen and oxygen atoms in total. The van der Waals surface area contributed by atoms with Crippen molar-refractivity contribution in [2.24, 2.45) is 5.73 Å². The van der Waals surface area contributed by atoms with Gasteiger partial charge in [-0.25, -0.2) is 4.98 Å². The molecule has 120 valence electrons. The Morgan fingerprint density at radius 2 is 2.09 bits per heavy atom. The van der Waals surface area contributed by atoms with Crippen molar-refractivity contribution >= 4 is 0 Å². The monoisotopic (exact) mass is 314 g/mol. The van der Waals surface area contributed by atoms with E-state index < -0.39 is 6.04 Å². The van der Waals surface area contributed by atoms with Gasteiger partial charge in [0.05, 0.1) is 20.3 Å². The lowest BCUT2D eigenvalue weighted by atomic mass is 10.1. The van der Waals surface area contributed by atoms with Gasteiger partial charge in [-0.05, 0) is 23.8 Å². The van der Waals surface area contributed by atoms with Gasteiger partial charge in [-0.1, -0.05) is 6.07 Å². The number of nitrogens with zero attached hydrogens (tertiary/aromatic N) is 4. The van der Waals surface area contributed by atoms with E-state index in [1.807, 2.05) is 30.5 Å². The maximum Gasteiger partial charge on any atom is 0.171 e. The van der Waals surface area contributed by atoms with E-state index in [1.165, 1.54) is 0 Å². The van der Waals surface area contributed by atoms with Crippen LogP contribution >= 0.6 is 0 Å². The molecule has 0 saturated heterocycles. The van der Waals surface area contributed by atoms with Crippen molar-refractivity contribution in [3.05, 3.63) is 53.9 Å². The number of hydrogen-bond donors (Lipinski definition) is 2. The molecule has 0 radical (unpaired) electrons. The lowest BCUT2D eigenvalue weighted by Gasteiger charge is -2.12. The average Bonchev–Trinajstić information content (AvgIpc) is 3.26. The summed E-state index contributed by atoms with van der Waals surface area (Å²) in [6, 6.07) is 6.90. The summed E-state index contributed by atoms with van der Waals surface area (Å²) in [5, 5.41) is 11.2. The molecule has 23 heavy (non-hydrogen) atoms. The summed E-state index contributed by atoms with van der Waals surface area (Å²) in [4.78, 5) is 4.43. The van der Waals surface area contributed by atoms with Crippen LogP contribution in [0.2, 0.25) is 0 Å². The molecule has 3 aromatic rings. The van der Waals surface area contributed by atoms with Gasteiger partial charge in [-0.15, -0.1) is 0 Å². The van der Waals surface area contributed by atoms with E-state index in [0.29, 0.717) is 29.7 Å². The first-order valence-corrected chi connectivity index (χ1v) is 7.07. The Balaban J connectivity index is 1.80. The van der Waals surface area contributed by atoms with Crippen LogP contribution in [0.5, 0.6) is 11.5 Å². The lowest BCUT2D eigenvalue weighted by molar-refractivity contribution is 0.354. The van der Waals surface area contributed by atoms with E-state index >= 15 is 0 Å². The van der Waals surface area contributed by atoms with E-state index in [2.05, 4.69) is 20.3 Å². The predicted octanol–water partition coefficient (Wildman–Crippen LogP) is 1.11. The number of rotatable bonds is 6. The Kier molecular flexibility index (Phi) is 4.24. The molecular formula is C15H18N6O2. The number of aromatic nitrogens is 5. The molecule has 0 unspecified atom stereocenters. The summed E-state index contributed by atoms with van der Waals surface area (Å²) in [6.45, 7) is 0.513. The Morgan fingerprint density at radius 1 is 1.26 bits per heavy atom. The van der Waals surface area contributed by atoms with E-state index in [9.17, 15) is 0 Å². The standard InChI is InChI=1S/C15H18N6O2/c1-22-11-5-4-10(8-12(11)23-2)14(16)15-18-13(19-20-15)9-21-7-3-6-17-21/h3-8,14H,9,16H2,1-2H3,(H,18,19,20)/t14-/m1/s1. The van der Waals surface area contributed by atoms with Crippen LogP contribution in [-0.4, -0.2) is 39.2 Å². The van der Waals surface area contributed by atoms with Crippen molar-refractivity contribution in [1.29, 1.82) is 0 Å². The fraction of sp³-hybridized carbons (Fsp3) is 0.267. The third-order valence-electron chi connectivity index (χ3n) is 3.46. The molecule has 2 aromatic heterocycles. The molecule has 0 saturated carbocycles. The normalized spacial score (nSPS) is 12.1. The van der Waals surface area contributed by atoms with Gasteiger partial charge in [0.25, 0.3) is 0 Å². The van der Waals surface area contributed by atoms with Gasteiger partial charge in [0.2, 0.25) is 0 Å². The highest BCUT2D eigenvalue weighted by molar-refractivity contribution is 5.44. The molecule has 0 fully saturated rings. The number of hydrogen-bond acceptors (Lipinski definition) is 6. The van der Waals surface area contributed by atoms with Crippen LogP contribution in [0.3, 0.4) is 0 Å². The van der Waals surface area contributed by atoms with E-state index in [0.717, 1.165) is 5.56 Å². The molecule has 0 aliphatic carbocycles. The van der Waals surface area contributed by atoms with E-state index in [4.69, 9.17) is 15.2 Å². The number of aromatic amines is 1.